The van der Waals surface area contributed by atoms with Gasteiger partial charge < -0.3 is 9.72 Å². The lowest BCUT2D eigenvalue weighted by molar-refractivity contribution is 0.0599. The summed E-state index contributed by atoms with van der Waals surface area (Å²) in [4.78, 5) is 32.0. The van der Waals surface area contributed by atoms with Crippen molar-refractivity contribution in [3.05, 3.63) is 52.6 Å². The van der Waals surface area contributed by atoms with Crippen molar-refractivity contribution in [1.82, 2.24) is 20.2 Å². The lowest BCUT2D eigenvalue weighted by atomic mass is 10.1. The number of hydrogen-bond donors (Lipinski definition) is 2. The molecule has 146 valence electrons. The number of aryl methyl sites for hydroxylation is 1. The molecule has 0 aliphatic heterocycles. The molecule has 0 saturated carbocycles. The number of methoxy groups -OCH3 is 1. The smallest absolute Gasteiger partial charge is 0.339 e. The SMILES string of the molecule is COC(=O)c1c(C)[nH]c(C(=O)C(C)Sc2n[nH]c(-c3ccccc3F)n2)c1C. The molecule has 3 aromatic rings. The zero-order valence-electron chi connectivity index (χ0n) is 15.8. The van der Waals surface area contributed by atoms with Gasteiger partial charge in [-0.1, -0.05) is 23.9 Å². The molecule has 2 N–H and O–H groups in total. The number of halogens is 1. The molecule has 3 rings (SSSR count). The predicted molar refractivity (Wildman–Crippen MR) is 103 cm³/mol. The van der Waals surface area contributed by atoms with Crippen molar-refractivity contribution in [2.45, 2.75) is 31.2 Å². The monoisotopic (exact) mass is 402 g/mol. The molecule has 1 aromatic carbocycles. The maximum atomic E-state index is 13.9. The van der Waals surface area contributed by atoms with Gasteiger partial charge in [0.1, 0.15) is 5.82 Å². The van der Waals surface area contributed by atoms with Gasteiger partial charge in [0, 0.05) is 5.69 Å². The molecule has 9 heteroatoms. The van der Waals surface area contributed by atoms with E-state index < -0.39 is 17.0 Å². The molecule has 0 fully saturated rings. The van der Waals surface area contributed by atoms with Crippen molar-refractivity contribution in [1.29, 1.82) is 0 Å². The van der Waals surface area contributed by atoms with E-state index in [1.807, 2.05) is 0 Å². The van der Waals surface area contributed by atoms with E-state index in [-0.39, 0.29) is 5.78 Å². The fourth-order valence-corrected chi connectivity index (χ4v) is 3.68. The third kappa shape index (κ3) is 3.70. The Bertz CT molecular complexity index is 1040. The van der Waals surface area contributed by atoms with Gasteiger partial charge in [0.25, 0.3) is 0 Å². The number of rotatable bonds is 6. The highest BCUT2D eigenvalue weighted by atomic mass is 32.2. The molecule has 0 spiro atoms. The van der Waals surface area contributed by atoms with Gasteiger partial charge in [-0.3, -0.25) is 9.89 Å². The molecule has 1 unspecified atom stereocenters. The Morgan fingerprint density at radius 3 is 2.64 bits per heavy atom. The van der Waals surface area contributed by atoms with Crippen LogP contribution in [0.2, 0.25) is 0 Å². The van der Waals surface area contributed by atoms with Gasteiger partial charge in [0.05, 0.1) is 29.2 Å². The van der Waals surface area contributed by atoms with E-state index in [0.29, 0.717) is 39.1 Å². The number of H-pyrrole nitrogens is 2. The maximum Gasteiger partial charge on any atom is 0.339 e. The van der Waals surface area contributed by atoms with Crippen molar-refractivity contribution in [3.63, 3.8) is 0 Å². The first-order valence-electron chi connectivity index (χ1n) is 8.49. The number of hydrogen-bond acceptors (Lipinski definition) is 6. The Morgan fingerprint density at radius 2 is 1.96 bits per heavy atom. The van der Waals surface area contributed by atoms with Crippen LogP contribution in [0.15, 0.2) is 29.4 Å². The molecule has 0 bridgehead atoms. The van der Waals surface area contributed by atoms with E-state index in [9.17, 15) is 14.0 Å². The van der Waals surface area contributed by atoms with Gasteiger partial charge in [-0.2, -0.15) is 0 Å². The molecule has 0 aliphatic carbocycles. The molecule has 0 radical (unpaired) electrons. The second-order valence-corrected chi connectivity index (χ2v) is 7.50. The molecule has 0 saturated heterocycles. The summed E-state index contributed by atoms with van der Waals surface area (Å²) in [6.45, 7) is 5.13. The molecule has 1 atom stereocenters. The zero-order valence-corrected chi connectivity index (χ0v) is 16.6. The van der Waals surface area contributed by atoms with Crippen LogP contribution in [-0.4, -0.2) is 44.3 Å². The predicted octanol–water partition coefficient (Wildman–Crippen LogP) is 3.71. The summed E-state index contributed by atoms with van der Waals surface area (Å²) in [6, 6.07) is 6.23. The molecular formula is C19H19FN4O3S. The molecule has 0 aliphatic rings. The lowest BCUT2D eigenvalue weighted by Crippen LogP contribution is -2.15. The fourth-order valence-electron chi connectivity index (χ4n) is 2.89. The van der Waals surface area contributed by atoms with Crippen molar-refractivity contribution in [2.75, 3.05) is 7.11 Å². The van der Waals surface area contributed by atoms with Crippen LogP contribution in [0.3, 0.4) is 0 Å². The Labute approximate surface area is 165 Å². The summed E-state index contributed by atoms with van der Waals surface area (Å²) in [6.07, 6.45) is 0. The second kappa shape index (κ2) is 7.97. The molecule has 2 aromatic heterocycles. The van der Waals surface area contributed by atoms with Gasteiger partial charge in [-0.05, 0) is 38.5 Å². The van der Waals surface area contributed by atoms with E-state index in [2.05, 4.69) is 20.2 Å². The Kier molecular flexibility index (Phi) is 5.64. The summed E-state index contributed by atoms with van der Waals surface area (Å²) in [7, 11) is 1.30. The van der Waals surface area contributed by atoms with E-state index in [0.717, 1.165) is 11.8 Å². The zero-order chi connectivity index (χ0) is 20.4. The van der Waals surface area contributed by atoms with Crippen LogP contribution in [-0.2, 0) is 4.74 Å². The first kappa shape index (κ1) is 19.8. The number of ether oxygens (including phenoxy) is 1. The number of benzene rings is 1. The van der Waals surface area contributed by atoms with Crippen LogP contribution in [0.5, 0.6) is 0 Å². The standard InChI is InChI=1S/C19H19FN4O3S/c1-9-14(18(26)27-4)10(2)21-15(9)16(25)11(3)28-19-22-17(23-24-19)12-7-5-6-8-13(12)20/h5-8,11,21H,1-4H3,(H,22,23,24). The van der Waals surface area contributed by atoms with Crippen LogP contribution >= 0.6 is 11.8 Å². The van der Waals surface area contributed by atoms with Crippen LogP contribution < -0.4 is 0 Å². The third-order valence-corrected chi connectivity index (χ3v) is 5.28. The number of aromatic amines is 2. The van der Waals surface area contributed by atoms with Gasteiger partial charge in [-0.25, -0.2) is 14.2 Å². The van der Waals surface area contributed by atoms with Gasteiger partial charge in [0.2, 0.25) is 5.16 Å². The van der Waals surface area contributed by atoms with E-state index >= 15 is 0 Å². The molecule has 28 heavy (non-hydrogen) atoms. The average molecular weight is 402 g/mol. The fraction of sp³-hybridized carbons (Fsp3) is 0.263. The van der Waals surface area contributed by atoms with E-state index in [1.165, 1.54) is 13.2 Å². The number of ketones is 1. The minimum atomic E-state index is -0.522. The molecule has 2 heterocycles. The maximum absolute atomic E-state index is 13.9. The molecule has 0 amide bonds. The van der Waals surface area contributed by atoms with Gasteiger partial charge in [-0.15, -0.1) is 5.10 Å². The highest BCUT2D eigenvalue weighted by molar-refractivity contribution is 8.00. The molecular weight excluding hydrogens is 383 g/mol. The Morgan fingerprint density at radius 1 is 1.25 bits per heavy atom. The van der Waals surface area contributed by atoms with Crippen molar-refractivity contribution in [2.24, 2.45) is 0 Å². The average Bonchev–Trinajstić information content (AvgIpc) is 3.25. The number of carbonyl (C=O) groups excluding carboxylic acids is 2. The summed E-state index contributed by atoms with van der Waals surface area (Å²) in [5.74, 6) is -0.806. The van der Waals surface area contributed by atoms with Crippen LogP contribution in [0.4, 0.5) is 4.39 Å². The number of carbonyl (C=O) groups is 2. The van der Waals surface area contributed by atoms with Crippen LogP contribution in [0.25, 0.3) is 11.4 Å². The second-order valence-electron chi connectivity index (χ2n) is 6.19. The highest BCUT2D eigenvalue weighted by Crippen LogP contribution is 2.28. The summed E-state index contributed by atoms with van der Waals surface area (Å²) < 4.78 is 18.7. The highest BCUT2D eigenvalue weighted by Gasteiger charge is 2.26. The summed E-state index contributed by atoms with van der Waals surface area (Å²) >= 11 is 1.14. The number of aromatic nitrogens is 4. The number of esters is 1. The number of Topliss-reactive ketones (excluding diaryl/α,β-unsaturated/α-hetero) is 1. The number of thioether (sulfide) groups is 1. The minimum Gasteiger partial charge on any atom is -0.465 e. The van der Waals surface area contributed by atoms with Crippen LogP contribution in [0.1, 0.15) is 39.0 Å². The molecule has 7 nitrogen and oxygen atoms in total. The number of nitrogens with zero attached hydrogens (tertiary/aromatic N) is 2. The van der Waals surface area contributed by atoms with Crippen LogP contribution in [0, 0.1) is 19.7 Å². The van der Waals surface area contributed by atoms with Crippen molar-refractivity contribution < 1.29 is 18.7 Å². The Balaban J connectivity index is 1.79. The minimum absolute atomic E-state index is 0.196. The first-order valence-corrected chi connectivity index (χ1v) is 9.37. The third-order valence-electron chi connectivity index (χ3n) is 4.32. The summed E-state index contributed by atoms with van der Waals surface area (Å²) in [5, 5.41) is 6.56. The first-order chi connectivity index (χ1) is 13.3. The van der Waals surface area contributed by atoms with Gasteiger partial charge >= 0.3 is 5.97 Å². The lowest BCUT2D eigenvalue weighted by Gasteiger charge is -2.07. The normalized spacial score (nSPS) is 12.0. The van der Waals surface area contributed by atoms with Crippen molar-refractivity contribution >= 4 is 23.5 Å². The summed E-state index contributed by atoms with van der Waals surface area (Å²) in [5.41, 5.74) is 2.14. The largest absolute Gasteiger partial charge is 0.465 e. The van der Waals surface area contributed by atoms with Crippen molar-refractivity contribution in [3.8, 4) is 11.4 Å². The Hall–Kier alpha value is -2.94. The van der Waals surface area contributed by atoms with E-state index in [4.69, 9.17) is 4.74 Å². The topological polar surface area (TPSA) is 101 Å². The number of nitrogens with one attached hydrogen (secondary N) is 2. The quantitative estimate of drug-likeness (QED) is 0.370. The van der Waals surface area contributed by atoms with Gasteiger partial charge in [0.15, 0.2) is 11.6 Å². The van der Waals surface area contributed by atoms with E-state index in [1.54, 1.807) is 39.0 Å².